The van der Waals surface area contributed by atoms with E-state index >= 15 is 0 Å². The van der Waals surface area contributed by atoms with Crippen LogP contribution in [0.25, 0.3) is 0 Å². The third kappa shape index (κ3) is 3.63. The number of halogens is 2. The van der Waals surface area contributed by atoms with E-state index in [1.54, 1.807) is 0 Å². The van der Waals surface area contributed by atoms with E-state index in [9.17, 15) is 0 Å². The molecule has 106 valence electrons. The van der Waals surface area contributed by atoms with Gasteiger partial charge in [0.2, 0.25) is 0 Å². The van der Waals surface area contributed by atoms with E-state index in [-0.39, 0.29) is 6.04 Å². The Labute approximate surface area is 134 Å². The van der Waals surface area contributed by atoms with Crippen molar-refractivity contribution >= 4 is 27.5 Å². The third-order valence-corrected chi connectivity index (χ3v) is 4.34. The third-order valence-electron chi connectivity index (χ3n) is 3.41. The molecule has 0 saturated heterocycles. The Bertz CT molecular complexity index is 566. The fourth-order valence-electron chi connectivity index (χ4n) is 2.40. The van der Waals surface area contributed by atoms with Gasteiger partial charge in [-0.25, -0.2) is 0 Å². The normalized spacial score (nSPS) is 12.4. The molecule has 0 spiro atoms. The molecule has 20 heavy (non-hydrogen) atoms. The van der Waals surface area contributed by atoms with Gasteiger partial charge in [0.05, 0.1) is 6.04 Å². The van der Waals surface area contributed by atoms with Gasteiger partial charge < -0.3 is 5.32 Å². The minimum Gasteiger partial charge on any atom is -0.309 e. The molecule has 0 radical (unpaired) electrons. The van der Waals surface area contributed by atoms with Gasteiger partial charge in [-0.3, -0.25) is 0 Å². The smallest absolute Gasteiger partial charge is 0.0585 e. The molecule has 3 heteroatoms. The Morgan fingerprint density at radius 2 is 1.85 bits per heavy atom. The molecule has 2 aromatic rings. The maximum atomic E-state index is 6.02. The molecular weight excluding hydrogens is 334 g/mol. The van der Waals surface area contributed by atoms with Gasteiger partial charge in [-0.05, 0) is 42.3 Å². The molecule has 1 atom stereocenters. The first-order valence-electron chi connectivity index (χ1n) is 6.86. The molecule has 2 aromatic carbocycles. The lowest BCUT2D eigenvalue weighted by atomic mass is 9.97. The number of rotatable bonds is 5. The van der Waals surface area contributed by atoms with Crippen LogP contribution in [-0.4, -0.2) is 7.05 Å². The van der Waals surface area contributed by atoms with Crippen molar-refractivity contribution in [1.29, 1.82) is 0 Å². The van der Waals surface area contributed by atoms with Crippen molar-refractivity contribution in [1.82, 2.24) is 5.32 Å². The van der Waals surface area contributed by atoms with Crippen LogP contribution in [0.15, 0.2) is 46.9 Å². The first kappa shape index (κ1) is 15.6. The van der Waals surface area contributed by atoms with Crippen LogP contribution >= 0.6 is 27.5 Å². The molecule has 0 aliphatic carbocycles. The van der Waals surface area contributed by atoms with Gasteiger partial charge >= 0.3 is 0 Å². The topological polar surface area (TPSA) is 12.0 Å². The van der Waals surface area contributed by atoms with E-state index in [1.807, 2.05) is 19.2 Å². The van der Waals surface area contributed by atoms with Gasteiger partial charge in [0.25, 0.3) is 0 Å². The molecule has 0 bridgehead atoms. The Morgan fingerprint density at radius 3 is 2.40 bits per heavy atom. The molecule has 1 nitrogen and oxygen atoms in total. The highest BCUT2D eigenvalue weighted by atomic mass is 79.9. The van der Waals surface area contributed by atoms with Crippen LogP contribution in [-0.2, 0) is 6.42 Å². The van der Waals surface area contributed by atoms with E-state index in [0.29, 0.717) is 0 Å². The van der Waals surface area contributed by atoms with Crippen LogP contribution in [0, 0.1) is 0 Å². The lowest BCUT2D eigenvalue weighted by Gasteiger charge is -2.19. The summed E-state index contributed by atoms with van der Waals surface area (Å²) in [5.41, 5.74) is 3.84. The minimum absolute atomic E-state index is 0.164. The summed E-state index contributed by atoms with van der Waals surface area (Å²) in [5.74, 6) is 0. The minimum atomic E-state index is 0.164. The fraction of sp³-hybridized carbons (Fsp3) is 0.294. The van der Waals surface area contributed by atoms with Crippen molar-refractivity contribution in [3.05, 3.63) is 68.7 Å². The summed E-state index contributed by atoms with van der Waals surface area (Å²) in [6.45, 7) is 2.20. The number of hydrogen-bond acceptors (Lipinski definition) is 1. The van der Waals surface area contributed by atoms with Gasteiger partial charge in [-0.1, -0.05) is 71.2 Å². The molecule has 0 fully saturated rings. The van der Waals surface area contributed by atoms with Crippen LogP contribution in [0.5, 0.6) is 0 Å². The summed E-state index contributed by atoms with van der Waals surface area (Å²) in [6, 6.07) is 14.9. The lowest BCUT2D eigenvalue weighted by molar-refractivity contribution is 0.688. The van der Waals surface area contributed by atoms with Crippen molar-refractivity contribution in [3.63, 3.8) is 0 Å². The van der Waals surface area contributed by atoms with Crippen molar-refractivity contribution in [2.45, 2.75) is 25.8 Å². The summed E-state index contributed by atoms with van der Waals surface area (Å²) >= 11 is 9.62. The lowest BCUT2D eigenvalue weighted by Crippen LogP contribution is -2.18. The van der Waals surface area contributed by atoms with Crippen LogP contribution in [0.3, 0.4) is 0 Å². The molecule has 0 aliphatic rings. The van der Waals surface area contributed by atoms with Crippen LogP contribution in [0.2, 0.25) is 5.02 Å². The van der Waals surface area contributed by atoms with Crippen molar-refractivity contribution in [3.8, 4) is 0 Å². The summed E-state index contributed by atoms with van der Waals surface area (Å²) in [6.07, 6.45) is 2.31. The van der Waals surface area contributed by atoms with Gasteiger partial charge in [0.1, 0.15) is 0 Å². The van der Waals surface area contributed by atoms with Crippen LogP contribution in [0.4, 0.5) is 0 Å². The Balaban J connectivity index is 2.31. The monoisotopic (exact) mass is 351 g/mol. The first-order chi connectivity index (χ1) is 9.65. The number of nitrogens with one attached hydrogen (secondary N) is 1. The van der Waals surface area contributed by atoms with Crippen molar-refractivity contribution < 1.29 is 0 Å². The van der Waals surface area contributed by atoms with Gasteiger partial charge in [0, 0.05) is 9.50 Å². The highest BCUT2D eigenvalue weighted by Crippen LogP contribution is 2.30. The Morgan fingerprint density at radius 1 is 1.15 bits per heavy atom. The summed E-state index contributed by atoms with van der Waals surface area (Å²) in [4.78, 5) is 0. The van der Waals surface area contributed by atoms with Gasteiger partial charge in [0.15, 0.2) is 0 Å². The van der Waals surface area contributed by atoms with Crippen LogP contribution in [0.1, 0.15) is 36.1 Å². The molecule has 0 aliphatic heterocycles. The average molecular weight is 353 g/mol. The maximum Gasteiger partial charge on any atom is 0.0585 e. The number of benzene rings is 2. The summed E-state index contributed by atoms with van der Waals surface area (Å²) in [7, 11) is 1.98. The number of aryl methyl sites for hydroxylation is 1. The second-order valence-corrected chi connectivity index (χ2v) is 6.17. The Hall–Kier alpha value is -0.830. The maximum absolute atomic E-state index is 6.02. The molecular formula is C17H19BrClN. The molecule has 1 unspecified atom stereocenters. The first-order valence-corrected chi connectivity index (χ1v) is 8.04. The zero-order chi connectivity index (χ0) is 14.5. The molecule has 1 N–H and O–H groups in total. The molecule has 0 amide bonds. The molecule has 0 aromatic heterocycles. The van der Waals surface area contributed by atoms with Crippen molar-refractivity contribution in [2.75, 3.05) is 7.05 Å². The van der Waals surface area contributed by atoms with E-state index < -0.39 is 0 Å². The highest BCUT2D eigenvalue weighted by molar-refractivity contribution is 9.10. The number of hydrogen-bond donors (Lipinski definition) is 1. The zero-order valence-electron chi connectivity index (χ0n) is 11.8. The quantitative estimate of drug-likeness (QED) is 0.763. The summed E-state index contributed by atoms with van der Waals surface area (Å²) in [5, 5.41) is 4.12. The van der Waals surface area contributed by atoms with Gasteiger partial charge in [-0.2, -0.15) is 0 Å². The second-order valence-electron chi connectivity index (χ2n) is 4.88. The summed E-state index contributed by atoms with van der Waals surface area (Å²) < 4.78 is 1.03. The van der Waals surface area contributed by atoms with E-state index in [4.69, 9.17) is 11.6 Å². The van der Waals surface area contributed by atoms with E-state index in [0.717, 1.165) is 15.9 Å². The molecule has 0 heterocycles. The molecule has 0 saturated carbocycles. The van der Waals surface area contributed by atoms with E-state index in [1.165, 1.54) is 23.1 Å². The van der Waals surface area contributed by atoms with Crippen LogP contribution < -0.4 is 5.32 Å². The van der Waals surface area contributed by atoms with E-state index in [2.05, 4.69) is 58.5 Å². The Kier molecular flexibility index (Phi) is 5.64. The van der Waals surface area contributed by atoms with Crippen molar-refractivity contribution in [2.24, 2.45) is 0 Å². The molecule has 2 rings (SSSR count). The fourth-order valence-corrected chi connectivity index (χ4v) is 3.31. The average Bonchev–Trinajstić information content (AvgIpc) is 2.44. The largest absolute Gasteiger partial charge is 0.309 e. The predicted molar refractivity (Wildman–Crippen MR) is 90.5 cm³/mol. The zero-order valence-corrected chi connectivity index (χ0v) is 14.1. The standard InChI is InChI=1S/C17H19BrClN/c1-3-4-12-5-7-13(8-6-12)17(20-2)15-10-9-14(19)11-16(15)18/h5-11,17,20H,3-4H2,1-2H3. The predicted octanol–water partition coefficient (Wildman–Crippen LogP) is 5.36. The highest BCUT2D eigenvalue weighted by Gasteiger charge is 2.15. The second kappa shape index (κ2) is 7.26. The SMILES string of the molecule is CCCc1ccc(C(NC)c2ccc(Cl)cc2Br)cc1. The van der Waals surface area contributed by atoms with Gasteiger partial charge in [-0.15, -0.1) is 0 Å².